The van der Waals surface area contributed by atoms with E-state index in [2.05, 4.69) is 0 Å². The standard InChI is InChI=1S/C7H9NO.C2H4N2/c1-9-7-4-2-6(8)3-5-7;3-1-2-4/h2-5H,8H2,1H3;1-4H. The van der Waals surface area contributed by atoms with Crippen LogP contribution in [-0.2, 0) is 0 Å². The third kappa shape index (κ3) is 5.43. The number of rotatable bonds is 2. The van der Waals surface area contributed by atoms with Crippen LogP contribution in [0.15, 0.2) is 24.3 Å². The summed E-state index contributed by atoms with van der Waals surface area (Å²) in [6.45, 7) is 0. The Balaban J connectivity index is 0.000000310. The van der Waals surface area contributed by atoms with Crippen LogP contribution >= 0.6 is 0 Å². The van der Waals surface area contributed by atoms with Gasteiger partial charge in [-0.05, 0) is 24.3 Å². The molecule has 1 rings (SSSR count). The van der Waals surface area contributed by atoms with Crippen LogP contribution in [0.2, 0.25) is 0 Å². The van der Waals surface area contributed by atoms with Gasteiger partial charge < -0.3 is 21.3 Å². The van der Waals surface area contributed by atoms with Gasteiger partial charge in [-0.15, -0.1) is 0 Å². The van der Waals surface area contributed by atoms with Crippen LogP contribution in [0, 0.1) is 10.8 Å². The summed E-state index contributed by atoms with van der Waals surface area (Å²) < 4.78 is 4.91. The van der Waals surface area contributed by atoms with Crippen LogP contribution < -0.4 is 10.5 Å². The topological polar surface area (TPSA) is 83.0 Å². The van der Waals surface area contributed by atoms with Gasteiger partial charge in [-0.2, -0.15) is 0 Å². The minimum atomic E-state index is 0.760. The number of nitrogens with two attached hydrogens (primary N) is 1. The van der Waals surface area contributed by atoms with Gasteiger partial charge in [-0.3, -0.25) is 0 Å². The van der Waals surface area contributed by atoms with Crippen LogP contribution in [0.5, 0.6) is 5.75 Å². The Morgan fingerprint density at radius 3 is 1.92 bits per heavy atom. The molecule has 0 aliphatic rings. The van der Waals surface area contributed by atoms with E-state index in [-0.39, 0.29) is 0 Å². The molecule has 4 N–H and O–H groups in total. The molecule has 0 amide bonds. The molecule has 0 radical (unpaired) electrons. The Bertz CT molecular complexity index is 250. The lowest BCUT2D eigenvalue weighted by Gasteiger charge is -1.97. The van der Waals surface area contributed by atoms with E-state index in [1.54, 1.807) is 19.2 Å². The average molecular weight is 179 g/mol. The van der Waals surface area contributed by atoms with Gasteiger partial charge in [0.2, 0.25) is 0 Å². The van der Waals surface area contributed by atoms with Crippen molar-refractivity contribution in [3.8, 4) is 5.75 Å². The lowest BCUT2D eigenvalue weighted by molar-refractivity contribution is 0.415. The molecule has 0 saturated heterocycles. The van der Waals surface area contributed by atoms with E-state index in [4.69, 9.17) is 21.3 Å². The molecule has 1 aromatic rings. The van der Waals surface area contributed by atoms with Crippen molar-refractivity contribution >= 4 is 18.1 Å². The summed E-state index contributed by atoms with van der Waals surface area (Å²) >= 11 is 0. The van der Waals surface area contributed by atoms with Crippen molar-refractivity contribution in [2.75, 3.05) is 12.8 Å². The molecule has 13 heavy (non-hydrogen) atoms. The van der Waals surface area contributed by atoms with Crippen molar-refractivity contribution in [2.45, 2.75) is 0 Å². The fourth-order valence-corrected chi connectivity index (χ4v) is 0.604. The Labute approximate surface area is 77.4 Å². The lowest BCUT2D eigenvalue weighted by atomic mass is 10.3. The van der Waals surface area contributed by atoms with Gasteiger partial charge in [0.15, 0.2) is 0 Å². The minimum absolute atomic E-state index is 0.760. The van der Waals surface area contributed by atoms with E-state index in [1.165, 1.54) is 0 Å². The van der Waals surface area contributed by atoms with E-state index < -0.39 is 0 Å². The SMILES string of the molecule is COc1ccc(N)cc1.N=CC=N. The zero-order chi connectivity index (χ0) is 10.1. The van der Waals surface area contributed by atoms with Crippen LogP contribution in [-0.4, -0.2) is 19.5 Å². The maximum atomic E-state index is 6.08. The zero-order valence-corrected chi connectivity index (χ0v) is 7.45. The number of hydrogen-bond donors (Lipinski definition) is 3. The maximum Gasteiger partial charge on any atom is 0.119 e. The Kier molecular flexibility index (Phi) is 5.88. The molecule has 0 aromatic heterocycles. The van der Waals surface area contributed by atoms with Gasteiger partial charge in [0.25, 0.3) is 0 Å². The normalized spacial score (nSPS) is 7.77. The number of hydrogen-bond acceptors (Lipinski definition) is 4. The Hall–Kier alpha value is -1.84. The number of ether oxygens (including phenoxy) is 1. The third-order valence-corrected chi connectivity index (χ3v) is 1.20. The van der Waals surface area contributed by atoms with Crippen molar-refractivity contribution in [1.29, 1.82) is 10.8 Å². The summed E-state index contributed by atoms with van der Waals surface area (Å²) in [6, 6.07) is 7.27. The zero-order valence-electron chi connectivity index (χ0n) is 7.45. The summed E-state index contributed by atoms with van der Waals surface area (Å²) in [5.74, 6) is 0.837. The molecule has 4 heteroatoms. The van der Waals surface area contributed by atoms with Gasteiger partial charge >= 0.3 is 0 Å². The molecule has 0 atom stereocenters. The van der Waals surface area contributed by atoms with E-state index in [0.29, 0.717) is 0 Å². The summed E-state index contributed by atoms with van der Waals surface area (Å²) in [4.78, 5) is 0. The van der Waals surface area contributed by atoms with Gasteiger partial charge in [-0.25, -0.2) is 0 Å². The third-order valence-electron chi connectivity index (χ3n) is 1.20. The monoisotopic (exact) mass is 179 g/mol. The van der Waals surface area contributed by atoms with Gasteiger partial charge in [0, 0.05) is 18.1 Å². The lowest BCUT2D eigenvalue weighted by Crippen LogP contribution is -1.84. The Morgan fingerprint density at radius 2 is 1.62 bits per heavy atom. The van der Waals surface area contributed by atoms with Crippen LogP contribution in [0.1, 0.15) is 0 Å². The number of nitrogen functional groups attached to an aromatic ring is 1. The number of benzene rings is 1. The summed E-state index contributed by atoms with van der Waals surface area (Å²) in [7, 11) is 1.63. The second-order valence-corrected chi connectivity index (χ2v) is 2.11. The molecule has 70 valence electrons. The van der Waals surface area contributed by atoms with Gasteiger partial charge in [0.05, 0.1) is 7.11 Å². The summed E-state index contributed by atoms with van der Waals surface area (Å²) in [6.07, 6.45) is 1.83. The van der Waals surface area contributed by atoms with E-state index >= 15 is 0 Å². The minimum Gasteiger partial charge on any atom is -0.497 e. The molecule has 0 bridgehead atoms. The molecular weight excluding hydrogens is 166 g/mol. The van der Waals surface area contributed by atoms with E-state index in [0.717, 1.165) is 23.9 Å². The van der Waals surface area contributed by atoms with Crippen LogP contribution in [0.3, 0.4) is 0 Å². The molecular formula is C9H13N3O. The van der Waals surface area contributed by atoms with Crippen LogP contribution in [0.25, 0.3) is 0 Å². The highest BCUT2D eigenvalue weighted by molar-refractivity contribution is 6.12. The largest absolute Gasteiger partial charge is 0.497 e. The first-order valence-corrected chi connectivity index (χ1v) is 3.63. The second kappa shape index (κ2) is 6.84. The first-order valence-electron chi connectivity index (χ1n) is 3.63. The summed E-state index contributed by atoms with van der Waals surface area (Å²) in [5, 5.41) is 12.2. The molecule has 0 unspecified atom stereocenters. The number of methoxy groups -OCH3 is 1. The molecule has 0 heterocycles. The quantitative estimate of drug-likeness (QED) is 0.475. The van der Waals surface area contributed by atoms with Crippen molar-refractivity contribution in [1.82, 2.24) is 0 Å². The number of nitrogens with one attached hydrogen (secondary N) is 2. The fourth-order valence-electron chi connectivity index (χ4n) is 0.604. The van der Waals surface area contributed by atoms with Crippen molar-refractivity contribution in [2.24, 2.45) is 0 Å². The highest BCUT2D eigenvalue weighted by Gasteiger charge is 1.86. The van der Waals surface area contributed by atoms with Crippen LogP contribution in [0.4, 0.5) is 5.69 Å². The second-order valence-electron chi connectivity index (χ2n) is 2.11. The van der Waals surface area contributed by atoms with E-state index in [1.807, 2.05) is 12.1 Å². The molecule has 4 nitrogen and oxygen atoms in total. The molecule has 1 aromatic carbocycles. The van der Waals surface area contributed by atoms with Crippen molar-refractivity contribution in [3.05, 3.63) is 24.3 Å². The smallest absolute Gasteiger partial charge is 0.119 e. The molecule has 0 aliphatic carbocycles. The molecule has 0 aliphatic heterocycles. The van der Waals surface area contributed by atoms with Crippen molar-refractivity contribution in [3.63, 3.8) is 0 Å². The number of anilines is 1. The predicted molar refractivity (Wildman–Crippen MR) is 55.0 cm³/mol. The molecule has 0 spiro atoms. The first-order chi connectivity index (χ1) is 6.24. The van der Waals surface area contributed by atoms with Gasteiger partial charge in [0.1, 0.15) is 5.75 Å². The first kappa shape index (κ1) is 11.2. The predicted octanol–water partition coefficient (Wildman–Crippen LogP) is 1.56. The van der Waals surface area contributed by atoms with Gasteiger partial charge in [-0.1, -0.05) is 0 Å². The summed E-state index contributed by atoms with van der Waals surface area (Å²) in [5.41, 5.74) is 6.19. The van der Waals surface area contributed by atoms with E-state index in [9.17, 15) is 0 Å². The fraction of sp³-hybridized carbons (Fsp3) is 0.111. The highest BCUT2D eigenvalue weighted by Crippen LogP contribution is 2.11. The molecule has 0 saturated carbocycles. The average Bonchev–Trinajstić information content (AvgIpc) is 2.19. The molecule has 0 fully saturated rings. The van der Waals surface area contributed by atoms with Crippen molar-refractivity contribution < 1.29 is 4.74 Å². The maximum absolute atomic E-state index is 6.08. The highest BCUT2D eigenvalue weighted by atomic mass is 16.5. The Morgan fingerprint density at radius 1 is 1.15 bits per heavy atom.